The highest BCUT2D eigenvalue weighted by atomic mass is 19.4. The summed E-state index contributed by atoms with van der Waals surface area (Å²) in [6.45, 7) is 0. The third-order valence-electron chi connectivity index (χ3n) is 2.71. The van der Waals surface area contributed by atoms with E-state index in [-0.39, 0.29) is 5.56 Å². The van der Waals surface area contributed by atoms with E-state index in [0.717, 1.165) is 6.07 Å². The van der Waals surface area contributed by atoms with Crippen LogP contribution in [0.2, 0.25) is 0 Å². The fraction of sp³-hybridized carbons (Fsp3) is 0.250. The van der Waals surface area contributed by atoms with Gasteiger partial charge in [-0.15, -0.1) is 0 Å². The van der Waals surface area contributed by atoms with Crippen LogP contribution < -0.4 is 5.73 Å². The maximum Gasteiger partial charge on any atom is 0.416 e. The Bertz CT molecular complexity index is 589. The molecule has 1 unspecified atom stereocenters. The van der Waals surface area contributed by atoms with Crippen molar-refractivity contribution in [1.29, 1.82) is 0 Å². The molecule has 0 spiro atoms. The summed E-state index contributed by atoms with van der Waals surface area (Å²) in [5.74, 6) is -0.786. The topological polar surface area (TPSA) is 43.8 Å². The molecule has 19 heavy (non-hydrogen) atoms. The van der Waals surface area contributed by atoms with Gasteiger partial charge in [0.2, 0.25) is 0 Å². The number of rotatable bonds is 2. The molecule has 0 aliphatic heterocycles. The van der Waals surface area contributed by atoms with Crippen LogP contribution in [0.3, 0.4) is 0 Å². The summed E-state index contributed by atoms with van der Waals surface area (Å²) < 4.78 is 52.8. The maximum atomic E-state index is 13.6. The molecule has 1 aromatic heterocycles. The Labute approximate surface area is 106 Å². The van der Waals surface area contributed by atoms with Crippen molar-refractivity contribution in [3.8, 4) is 0 Å². The quantitative estimate of drug-likeness (QED) is 0.855. The first-order valence-corrected chi connectivity index (χ1v) is 5.41. The third kappa shape index (κ3) is 2.76. The van der Waals surface area contributed by atoms with Gasteiger partial charge in [0.05, 0.1) is 17.3 Å². The van der Waals surface area contributed by atoms with Crippen molar-refractivity contribution < 1.29 is 17.6 Å². The summed E-state index contributed by atoms with van der Waals surface area (Å²) in [5, 5.41) is 3.96. The van der Waals surface area contributed by atoms with E-state index in [2.05, 4.69) is 5.10 Å². The second kappa shape index (κ2) is 4.65. The van der Waals surface area contributed by atoms with E-state index in [0.29, 0.717) is 17.8 Å². The minimum Gasteiger partial charge on any atom is -0.319 e. The molecule has 0 radical (unpaired) electrons. The van der Waals surface area contributed by atoms with Crippen LogP contribution in [0.15, 0.2) is 30.5 Å². The Morgan fingerprint density at radius 2 is 1.95 bits per heavy atom. The molecule has 0 aliphatic carbocycles. The summed E-state index contributed by atoms with van der Waals surface area (Å²) >= 11 is 0. The Morgan fingerprint density at radius 3 is 2.47 bits per heavy atom. The van der Waals surface area contributed by atoms with E-state index >= 15 is 0 Å². The number of aromatic nitrogens is 2. The van der Waals surface area contributed by atoms with Gasteiger partial charge in [-0.1, -0.05) is 0 Å². The third-order valence-corrected chi connectivity index (χ3v) is 2.71. The van der Waals surface area contributed by atoms with Gasteiger partial charge in [-0.3, -0.25) is 4.68 Å². The maximum absolute atomic E-state index is 13.6. The summed E-state index contributed by atoms with van der Waals surface area (Å²) in [4.78, 5) is 0. The van der Waals surface area contributed by atoms with Gasteiger partial charge in [-0.25, -0.2) is 4.39 Å². The Kier molecular flexibility index (Phi) is 3.32. The van der Waals surface area contributed by atoms with Crippen LogP contribution in [0.25, 0.3) is 0 Å². The van der Waals surface area contributed by atoms with E-state index in [1.165, 1.54) is 10.7 Å². The lowest BCUT2D eigenvalue weighted by Crippen LogP contribution is -2.16. The number of benzene rings is 1. The molecular formula is C12H11F4N3. The number of hydrogen-bond donors (Lipinski definition) is 1. The molecule has 2 rings (SSSR count). The fourth-order valence-electron chi connectivity index (χ4n) is 1.72. The second-order valence-corrected chi connectivity index (χ2v) is 4.13. The van der Waals surface area contributed by atoms with Crippen LogP contribution in [0.5, 0.6) is 0 Å². The van der Waals surface area contributed by atoms with Gasteiger partial charge in [-0.05, 0) is 24.3 Å². The van der Waals surface area contributed by atoms with Gasteiger partial charge < -0.3 is 5.73 Å². The first-order valence-electron chi connectivity index (χ1n) is 5.41. The van der Waals surface area contributed by atoms with E-state index in [9.17, 15) is 17.6 Å². The first kappa shape index (κ1) is 13.5. The van der Waals surface area contributed by atoms with Crippen molar-refractivity contribution in [2.24, 2.45) is 12.8 Å². The molecule has 7 heteroatoms. The normalized spacial score (nSPS) is 13.6. The lowest BCUT2D eigenvalue weighted by Gasteiger charge is -2.14. The Hall–Kier alpha value is -1.89. The number of alkyl halides is 3. The van der Waals surface area contributed by atoms with Crippen molar-refractivity contribution >= 4 is 0 Å². The molecule has 0 saturated carbocycles. The van der Waals surface area contributed by atoms with Crippen LogP contribution in [0.1, 0.15) is 22.9 Å². The SMILES string of the molecule is Cn1ccc(C(N)c2cc(C(F)(F)F)ccc2F)n1. The van der Waals surface area contributed by atoms with Crippen molar-refractivity contribution in [3.05, 3.63) is 53.1 Å². The van der Waals surface area contributed by atoms with Gasteiger partial charge >= 0.3 is 6.18 Å². The van der Waals surface area contributed by atoms with Crippen LogP contribution in [-0.2, 0) is 13.2 Å². The van der Waals surface area contributed by atoms with E-state index in [4.69, 9.17) is 5.73 Å². The largest absolute Gasteiger partial charge is 0.416 e. The Morgan fingerprint density at radius 1 is 1.26 bits per heavy atom. The number of halogens is 4. The molecular weight excluding hydrogens is 262 g/mol. The Balaban J connectivity index is 2.44. The van der Waals surface area contributed by atoms with Crippen LogP contribution in [0, 0.1) is 5.82 Å². The zero-order valence-electron chi connectivity index (χ0n) is 9.95. The highest BCUT2D eigenvalue weighted by Crippen LogP contribution is 2.32. The van der Waals surface area contributed by atoms with Gasteiger partial charge in [-0.2, -0.15) is 18.3 Å². The average Bonchev–Trinajstić information content (AvgIpc) is 2.74. The van der Waals surface area contributed by atoms with E-state index in [1.807, 2.05) is 0 Å². The molecule has 0 saturated heterocycles. The summed E-state index contributed by atoms with van der Waals surface area (Å²) in [6, 6.07) is 2.66. The van der Waals surface area contributed by atoms with Gasteiger partial charge in [0.1, 0.15) is 5.82 Å². The molecule has 3 nitrogen and oxygen atoms in total. The molecule has 102 valence electrons. The molecule has 0 aliphatic rings. The smallest absolute Gasteiger partial charge is 0.319 e. The summed E-state index contributed by atoms with van der Waals surface area (Å²) in [5.41, 5.74) is 4.90. The highest BCUT2D eigenvalue weighted by molar-refractivity contribution is 5.33. The highest BCUT2D eigenvalue weighted by Gasteiger charge is 2.32. The van der Waals surface area contributed by atoms with Crippen molar-refractivity contribution in [2.45, 2.75) is 12.2 Å². The zero-order chi connectivity index (χ0) is 14.2. The molecule has 0 bridgehead atoms. The number of hydrogen-bond acceptors (Lipinski definition) is 2. The number of nitrogens with two attached hydrogens (primary N) is 1. The first-order chi connectivity index (χ1) is 8.79. The van der Waals surface area contributed by atoms with Crippen LogP contribution >= 0.6 is 0 Å². The lowest BCUT2D eigenvalue weighted by molar-refractivity contribution is -0.137. The fourth-order valence-corrected chi connectivity index (χ4v) is 1.72. The molecule has 1 atom stereocenters. The molecule has 1 heterocycles. The second-order valence-electron chi connectivity index (χ2n) is 4.13. The predicted octanol–water partition coefficient (Wildman–Crippen LogP) is 2.63. The minimum atomic E-state index is -4.54. The minimum absolute atomic E-state index is 0.228. The molecule has 1 aromatic carbocycles. The summed E-state index contributed by atoms with van der Waals surface area (Å²) in [7, 11) is 1.64. The van der Waals surface area contributed by atoms with Gasteiger partial charge in [0.25, 0.3) is 0 Å². The van der Waals surface area contributed by atoms with Crippen molar-refractivity contribution in [2.75, 3.05) is 0 Å². The molecule has 2 aromatic rings. The monoisotopic (exact) mass is 273 g/mol. The van der Waals surface area contributed by atoms with Crippen molar-refractivity contribution in [1.82, 2.24) is 9.78 Å². The van der Waals surface area contributed by atoms with Crippen LogP contribution in [-0.4, -0.2) is 9.78 Å². The van der Waals surface area contributed by atoms with Crippen molar-refractivity contribution in [3.63, 3.8) is 0 Å². The lowest BCUT2D eigenvalue weighted by atomic mass is 10.0. The van der Waals surface area contributed by atoms with Crippen LogP contribution in [0.4, 0.5) is 17.6 Å². The van der Waals surface area contributed by atoms with E-state index in [1.54, 1.807) is 13.2 Å². The van der Waals surface area contributed by atoms with Gasteiger partial charge in [0.15, 0.2) is 0 Å². The standard InChI is InChI=1S/C12H11F4N3/c1-19-5-4-10(18-19)11(17)8-6-7(12(14,15)16)2-3-9(8)13/h2-6,11H,17H2,1H3. The average molecular weight is 273 g/mol. The summed E-state index contributed by atoms with van der Waals surface area (Å²) in [6.07, 6.45) is -2.95. The molecule has 0 amide bonds. The van der Waals surface area contributed by atoms with E-state index < -0.39 is 23.6 Å². The number of nitrogens with zero attached hydrogens (tertiary/aromatic N) is 2. The predicted molar refractivity (Wildman–Crippen MR) is 60.6 cm³/mol. The molecule has 0 fully saturated rings. The number of aryl methyl sites for hydroxylation is 1. The zero-order valence-corrected chi connectivity index (χ0v) is 9.95. The van der Waals surface area contributed by atoms with Gasteiger partial charge in [0, 0.05) is 18.8 Å². The molecule has 2 N–H and O–H groups in total.